The minimum Gasteiger partial charge on any atom is -0.364 e. The van der Waals surface area contributed by atoms with Gasteiger partial charge in [-0.05, 0) is 18.2 Å². The molecular weight excluding hydrogens is 332 g/mol. The van der Waals surface area contributed by atoms with Crippen LogP contribution in [-0.2, 0) is 0 Å². The lowest BCUT2D eigenvalue weighted by Gasteiger charge is -2.15. The molecule has 130 valence electrons. The summed E-state index contributed by atoms with van der Waals surface area (Å²) in [6.07, 6.45) is 1.42. The lowest BCUT2D eigenvalue weighted by atomic mass is 10.1. The fourth-order valence-electron chi connectivity index (χ4n) is 2.64. The smallest absolute Gasteiger partial charge is 0.320 e. The Morgan fingerprint density at radius 2 is 2.04 bits per heavy atom. The molecule has 2 aromatic heterocycles. The first-order valence-corrected chi connectivity index (χ1v) is 7.57. The largest absolute Gasteiger partial charge is 0.364 e. The summed E-state index contributed by atoms with van der Waals surface area (Å²) in [6, 6.07) is 9.45. The number of anilines is 1. The number of nitro groups is 1. The molecule has 0 amide bonds. The van der Waals surface area contributed by atoms with Crippen molar-refractivity contribution < 1.29 is 13.7 Å². The van der Waals surface area contributed by atoms with Gasteiger partial charge in [-0.25, -0.2) is 9.97 Å². The van der Waals surface area contributed by atoms with Crippen molar-refractivity contribution in [1.82, 2.24) is 14.5 Å². The first-order valence-electron chi connectivity index (χ1n) is 7.57. The molecule has 3 aromatic rings. The Bertz CT molecular complexity index is 912. The molecule has 1 N–H and O–H groups in total. The summed E-state index contributed by atoms with van der Waals surface area (Å²) in [5.41, 5.74) is 0.661. The molecule has 0 aliphatic heterocycles. The van der Waals surface area contributed by atoms with Crippen LogP contribution in [0.1, 0.15) is 25.2 Å². The van der Waals surface area contributed by atoms with Gasteiger partial charge >= 0.3 is 12.2 Å². The number of imidazole rings is 1. The van der Waals surface area contributed by atoms with Crippen molar-refractivity contribution in [2.24, 2.45) is 0 Å². The average Bonchev–Trinajstić information content (AvgIpc) is 2.99. The normalized spacial score (nSPS) is 12.5. The van der Waals surface area contributed by atoms with Crippen LogP contribution in [0.15, 0.2) is 42.6 Å². The number of fused-ring (bicyclic) bond motifs is 1. The number of halogens is 2. The topological polar surface area (TPSA) is 85.9 Å². The van der Waals surface area contributed by atoms with Gasteiger partial charge in [0.2, 0.25) is 5.82 Å². The lowest BCUT2D eigenvalue weighted by Crippen LogP contribution is -2.16. The monoisotopic (exact) mass is 347 g/mol. The first-order chi connectivity index (χ1) is 12.0. The van der Waals surface area contributed by atoms with Gasteiger partial charge < -0.3 is 5.32 Å². The molecule has 3 rings (SSSR count). The van der Waals surface area contributed by atoms with Gasteiger partial charge in [-0.15, -0.1) is 0 Å². The summed E-state index contributed by atoms with van der Waals surface area (Å²) in [4.78, 5) is 18.7. The minimum absolute atomic E-state index is 0.0964. The Morgan fingerprint density at radius 3 is 2.76 bits per heavy atom. The highest BCUT2D eigenvalue weighted by Crippen LogP contribution is 2.28. The number of hydrogen-bond acceptors (Lipinski definition) is 5. The Kier molecular flexibility index (Phi) is 4.55. The van der Waals surface area contributed by atoms with E-state index >= 15 is 0 Å². The van der Waals surface area contributed by atoms with E-state index in [0.29, 0.717) is 11.0 Å². The van der Waals surface area contributed by atoms with Gasteiger partial charge in [0, 0.05) is 24.7 Å². The van der Waals surface area contributed by atoms with Gasteiger partial charge in [-0.1, -0.05) is 19.1 Å². The van der Waals surface area contributed by atoms with Crippen LogP contribution in [0.2, 0.25) is 0 Å². The van der Waals surface area contributed by atoms with Gasteiger partial charge in [0.1, 0.15) is 5.82 Å². The van der Waals surface area contributed by atoms with Crippen molar-refractivity contribution in [2.45, 2.75) is 19.4 Å². The highest BCUT2D eigenvalue weighted by Gasteiger charge is 2.22. The number of rotatable bonds is 6. The molecule has 2 heterocycles. The fraction of sp³-hybridized carbons (Fsp3) is 0.250. The highest BCUT2D eigenvalue weighted by atomic mass is 19.3. The van der Waals surface area contributed by atoms with Gasteiger partial charge in [-0.3, -0.25) is 14.7 Å². The van der Waals surface area contributed by atoms with E-state index < -0.39 is 17.4 Å². The van der Waals surface area contributed by atoms with E-state index in [9.17, 15) is 18.9 Å². The van der Waals surface area contributed by atoms with E-state index in [4.69, 9.17) is 0 Å². The summed E-state index contributed by atoms with van der Waals surface area (Å²) in [5.74, 6) is -0.107. The van der Waals surface area contributed by atoms with Crippen molar-refractivity contribution >= 4 is 22.5 Å². The zero-order chi connectivity index (χ0) is 18.0. The summed E-state index contributed by atoms with van der Waals surface area (Å²) in [7, 11) is 0. The van der Waals surface area contributed by atoms with Crippen LogP contribution in [0.5, 0.6) is 0 Å². The molecule has 1 atom stereocenters. The van der Waals surface area contributed by atoms with Gasteiger partial charge in [0.05, 0.1) is 16.0 Å². The average molecular weight is 347 g/mol. The van der Waals surface area contributed by atoms with Crippen LogP contribution >= 0.6 is 0 Å². The molecule has 0 bridgehead atoms. The zero-order valence-corrected chi connectivity index (χ0v) is 13.3. The van der Waals surface area contributed by atoms with E-state index in [1.54, 1.807) is 31.2 Å². The second-order valence-electron chi connectivity index (χ2n) is 5.52. The standard InChI is InChI=1S/C16H15F2N5O2/c1-10(9-20-14-13(23(24)25)7-4-8-19-14)15-21-11-5-2-3-6-12(11)22(15)16(17)18/h2-8,10,16H,9H2,1H3,(H,19,20)/t10-/m1/s1. The molecule has 0 aliphatic carbocycles. The Balaban J connectivity index is 1.87. The molecule has 0 saturated carbocycles. The number of hydrogen-bond donors (Lipinski definition) is 1. The maximum absolute atomic E-state index is 13.5. The minimum atomic E-state index is -2.73. The van der Waals surface area contributed by atoms with Crippen molar-refractivity contribution in [1.29, 1.82) is 0 Å². The maximum Gasteiger partial charge on any atom is 0.320 e. The third-order valence-corrected chi connectivity index (χ3v) is 3.82. The van der Waals surface area contributed by atoms with E-state index in [2.05, 4.69) is 15.3 Å². The van der Waals surface area contributed by atoms with Crippen LogP contribution in [0.25, 0.3) is 11.0 Å². The maximum atomic E-state index is 13.5. The molecule has 9 heteroatoms. The van der Waals surface area contributed by atoms with Gasteiger partial charge in [0.15, 0.2) is 0 Å². The molecule has 0 saturated heterocycles. The number of nitrogens with one attached hydrogen (secondary N) is 1. The Morgan fingerprint density at radius 1 is 1.28 bits per heavy atom. The molecular formula is C16H15F2N5O2. The van der Waals surface area contributed by atoms with E-state index in [0.717, 1.165) is 4.57 Å². The fourth-order valence-corrected chi connectivity index (χ4v) is 2.64. The molecule has 0 fully saturated rings. The van der Waals surface area contributed by atoms with E-state index in [1.807, 2.05) is 0 Å². The molecule has 0 spiro atoms. The predicted molar refractivity (Wildman–Crippen MR) is 88.8 cm³/mol. The molecule has 0 radical (unpaired) electrons. The molecule has 0 aliphatic rings. The van der Waals surface area contributed by atoms with Crippen LogP contribution in [0, 0.1) is 10.1 Å². The number of alkyl halides is 2. The zero-order valence-electron chi connectivity index (χ0n) is 13.3. The second-order valence-corrected chi connectivity index (χ2v) is 5.52. The van der Waals surface area contributed by atoms with Gasteiger partial charge in [0.25, 0.3) is 0 Å². The third kappa shape index (κ3) is 3.25. The van der Waals surface area contributed by atoms with Crippen molar-refractivity contribution in [3.8, 4) is 0 Å². The summed E-state index contributed by atoms with van der Waals surface area (Å²) in [5, 5.41) is 13.9. The molecule has 1 aromatic carbocycles. The Hall–Kier alpha value is -3.10. The lowest BCUT2D eigenvalue weighted by molar-refractivity contribution is -0.384. The van der Waals surface area contributed by atoms with Crippen molar-refractivity contribution in [3.05, 3.63) is 58.5 Å². The van der Waals surface area contributed by atoms with Crippen LogP contribution in [0.3, 0.4) is 0 Å². The Labute approximate surface area is 141 Å². The molecule has 0 unspecified atom stereocenters. The second kappa shape index (κ2) is 6.80. The predicted octanol–water partition coefficient (Wildman–Crippen LogP) is 3.95. The van der Waals surface area contributed by atoms with E-state index in [1.165, 1.54) is 18.3 Å². The molecule has 7 nitrogen and oxygen atoms in total. The molecule has 25 heavy (non-hydrogen) atoms. The highest BCUT2D eigenvalue weighted by molar-refractivity contribution is 5.76. The number of para-hydroxylation sites is 2. The SMILES string of the molecule is C[C@H](CNc1ncccc1[N+](=O)[O-])c1nc2ccccc2n1C(F)F. The summed E-state index contributed by atoms with van der Waals surface area (Å²) >= 11 is 0. The number of aromatic nitrogens is 3. The summed E-state index contributed by atoms with van der Waals surface area (Å²) < 4.78 is 27.9. The van der Waals surface area contributed by atoms with Crippen molar-refractivity contribution in [3.63, 3.8) is 0 Å². The van der Waals surface area contributed by atoms with Crippen LogP contribution in [-0.4, -0.2) is 26.0 Å². The summed E-state index contributed by atoms with van der Waals surface area (Å²) in [6.45, 7) is -0.829. The number of nitrogens with zero attached hydrogens (tertiary/aromatic N) is 4. The van der Waals surface area contributed by atoms with E-state index in [-0.39, 0.29) is 23.9 Å². The van der Waals surface area contributed by atoms with Crippen molar-refractivity contribution in [2.75, 3.05) is 11.9 Å². The van der Waals surface area contributed by atoms with Crippen LogP contribution < -0.4 is 5.32 Å². The quantitative estimate of drug-likeness (QED) is 0.539. The van der Waals surface area contributed by atoms with Crippen LogP contribution in [0.4, 0.5) is 20.3 Å². The third-order valence-electron chi connectivity index (χ3n) is 3.82. The number of benzene rings is 1. The first kappa shape index (κ1) is 16.7. The van der Waals surface area contributed by atoms with Gasteiger partial charge in [-0.2, -0.15) is 8.78 Å². The number of pyridine rings is 1.